The molecule has 0 saturated carbocycles. The fraction of sp³-hybridized carbons (Fsp3) is 0.615. The van der Waals surface area contributed by atoms with Crippen LogP contribution in [-0.2, 0) is 9.59 Å². The molecule has 3 N–H and O–H groups in total. The van der Waals surface area contributed by atoms with E-state index >= 15 is 0 Å². The van der Waals surface area contributed by atoms with E-state index in [1.807, 2.05) is 0 Å². The largest absolute Gasteiger partial charge is 0.289 e. The Balaban J connectivity index is 2.09. The Labute approximate surface area is 112 Å². The first-order valence-corrected chi connectivity index (χ1v) is 6.66. The van der Waals surface area contributed by atoms with Gasteiger partial charge in [0.15, 0.2) is 0 Å². The van der Waals surface area contributed by atoms with Crippen molar-refractivity contribution < 1.29 is 14.8 Å². The highest BCUT2D eigenvalue weighted by atomic mass is 16.5. The second-order valence-corrected chi connectivity index (χ2v) is 4.56. The SMILES string of the molecule is O=C(CCCCC(=O)N/N=C/C1=CCCCC1)NO. The van der Waals surface area contributed by atoms with Gasteiger partial charge in [-0.05, 0) is 44.1 Å². The molecule has 1 aliphatic carbocycles. The molecule has 0 bridgehead atoms. The van der Waals surface area contributed by atoms with Crippen molar-refractivity contribution >= 4 is 18.0 Å². The van der Waals surface area contributed by atoms with Crippen molar-refractivity contribution in [3.8, 4) is 0 Å². The number of allylic oxidation sites excluding steroid dienone is 2. The summed E-state index contributed by atoms with van der Waals surface area (Å²) in [6, 6.07) is 0. The van der Waals surface area contributed by atoms with E-state index in [9.17, 15) is 9.59 Å². The minimum Gasteiger partial charge on any atom is -0.289 e. The summed E-state index contributed by atoms with van der Waals surface area (Å²) in [6.45, 7) is 0. The summed E-state index contributed by atoms with van der Waals surface area (Å²) in [4.78, 5) is 22.1. The van der Waals surface area contributed by atoms with Gasteiger partial charge in [-0.15, -0.1) is 0 Å². The van der Waals surface area contributed by atoms with Crippen molar-refractivity contribution in [3.05, 3.63) is 11.6 Å². The van der Waals surface area contributed by atoms with Crippen LogP contribution in [0.4, 0.5) is 0 Å². The van der Waals surface area contributed by atoms with Crippen LogP contribution in [0, 0.1) is 0 Å². The van der Waals surface area contributed by atoms with Crippen LogP contribution < -0.4 is 10.9 Å². The van der Waals surface area contributed by atoms with Crippen molar-refractivity contribution in [2.75, 3.05) is 0 Å². The summed E-state index contributed by atoms with van der Waals surface area (Å²) in [5.74, 6) is -0.584. The van der Waals surface area contributed by atoms with Crippen LogP contribution in [-0.4, -0.2) is 23.2 Å². The van der Waals surface area contributed by atoms with Gasteiger partial charge in [-0.3, -0.25) is 14.8 Å². The van der Waals surface area contributed by atoms with Gasteiger partial charge in [-0.25, -0.2) is 10.9 Å². The van der Waals surface area contributed by atoms with Gasteiger partial charge in [-0.1, -0.05) is 6.08 Å². The lowest BCUT2D eigenvalue weighted by Gasteiger charge is -2.07. The Bertz CT molecular complexity index is 364. The molecule has 0 aromatic carbocycles. The molecule has 0 aromatic heterocycles. The number of hydrogen-bond donors (Lipinski definition) is 3. The first kappa shape index (κ1) is 15.4. The Morgan fingerprint density at radius 1 is 1.26 bits per heavy atom. The van der Waals surface area contributed by atoms with E-state index in [1.165, 1.54) is 18.4 Å². The van der Waals surface area contributed by atoms with E-state index in [2.05, 4.69) is 16.6 Å². The van der Waals surface area contributed by atoms with E-state index in [0.29, 0.717) is 19.3 Å². The smallest absolute Gasteiger partial charge is 0.243 e. The van der Waals surface area contributed by atoms with Gasteiger partial charge in [0.1, 0.15) is 0 Å². The quantitative estimate of drug-likeness (QED) is 0.283. The summed E-state index contributed by atoms with van der Waals surface area (Å²) in [7, 11) is 0. The summed E-state index contributed by atoms with van der Waals surface area (Å²) in [5.41, 5.74) is 5.20. The first-order valence-electron chi connectivity index (χ1n) is 6.66. The Morgan fingerprint density at radius 2 is 2.00 bits per heavy atom. The molecular formula is C13H21N3O3. The zero-order valence-electron chi connectivity index (χ0n) is 11.0. The molecule has 0 aliphatic heterocycles. The number of carbonyl (C=O) groups excluding carboxylic acids is 2. The highest BCUT2D eigenvalue weighted by Crippen LogP contribution is 2.15. The van der Waals surface area contributed by atoms with E-state index in [4.69, 9.17) is 5.21 Å². The van der Waals surface area contributed by atoms with E-state index in [-0.39, 0.29) is 12.3 Å². The standard InChI is InChI=1S/C13H21N3O3/c17-12(8-4-5-9-13(18)16-19)15-14-10-11-6-2-1-3-7-11/h6,10,19H,1-5,7-9H2,(H,15,17)(H,16,18)/b14-10+. The number of nitrogens with zero attached hydrogens (tertiary/aromatic N) is 1. The van der Waals surface area contributed by atoms with Crippen LogP contribution >= 0.6 is 0 Å². The molecule has 0 saturated heterocycles. The first-order chi connectivity index (χ1) is 9.22. The molecule has 106 valence electrons. The second kappa shape index (κ2) is 9.27. The van der Waals surface area contributed by atoms with E-state index in [0.717, 1.165) is 12.8 Å². The average Bonchev–Trinajstić information content (AvgIpc) is 2.44. The maximum absolute atomic E-state index is 11.4. The molecule has 2 amide bonds. The molecule has 0 atom stereocenters. The number of amides is 2. The lowest BCUT2D eigenvalue weighted by atomic mass is 10.0. The highest BCUT2D eigenvalue weighted by Gasteiger charge is 2.03. The molecule has 19 heavy (non-hydrogen) atoms. The fourth-order valence-electron chi connectivity index (χ4n) is 1.85. The monoisotopic (exact) mass is 267 g/mol. The van der Waals surface area contributed by atoms with Gasteiger partial charge in [0, 0.05) is 12.8 Å². The predicted molar refractivity (Wildman–Crippen MR) is 71.6 cm³/mol. The normalized spacial score (nSPS) is 15.1. The lowest BCUT2D eigenvalue weighted by Crippen LogP contribution is -2.19. The van der Waals surface area contributed by atoms with Gasteiger partial charge >= 0.3 is 0 Å². The Morgan fingerprint density at radius 3 is 2.63 bits per heavy atom. The van der Waals surface area contributed by atoms with Crippen LogP contribution in [0.25, 0.3) is 0 Å². The fourth-order valence-corrected chi connectivity index (χ4v) is 1.85. The summed E-state index contributed by atoms with van der Waals surface area (Å²) >= 11 is 0. The number of unbranched alkanes of at least 4 members (excludes halogenated alkanes) is 1. The van der Waals surface area contributed by atoms with Gasteiger partial charge in [0.2, 0.25) is 11.8 Å². The number of carbonyl (C=O) groups is 2. The molecule has 0 spiro atoms. The van der Waals surface area contributed by atoms with Crippen LogP contribution in [0.2, 0.25) is 0 Å². The molecule has 6 nitrogen and oxygen atoms in total. The van der Waals surface area contributed by atoms with Gasteiger partial charge in [0.25, 0.3) is 0 Å². The zero-order valence-corrected chi connectivity index (χ0v) is 11.0. The minimum atomic E-state index is -0.428. The predicted octanol–water partition coefficient (Wildman–Crippen LogP) is 1.65. The lowest BCUT2D eigenvalue weighted by molar-refractivity contribution is -0.129. The third-order valence-electron chi connectivity index (χ3n) is 2.93. The van der Waals surface area contributed by atoms with Gasteiger partial charge < -0.3 is 0 Å². The molecule has 0 aromatic rings. The van der Waals surface area contributed by atoms with Crippen molar-refractivity contribution in [2.24, 2.45) is 5.10 Å². The Hall–Kier alpha value is -1.69. The van der Waals surface area contributed by atoms with Crippen molar-refractivity contribution in [3.63, 3.8) is 0 Å². The number of hydroxylamine groups is 1. The molecule has 0 unspecified atom stereocenters. The number of hydrogen-bond acceptors (Lipinski definition) is 4. The molecule has 0 radical (unpaired) electrons. The van der Waals surface area contributed by atoms with Crippen molar-refractivity contribution in [2.45, 2.75) is 51.4 Å². The zero-order chi connectivity index (χ0) is 13.9. The third-order valence-corrected chi connectivity index (χ3v) is 2.93. The molecule has 0 heterocycles. The molecular weight excluding hydrogens is 246 g/mol. The van der Waals surface area contributed by atoms with Gasteiger partial charge in [-0.2, -0.15) is 5.10 Å². The van der Waals surface area contributed by atoms with E-state index < -0.39 is 5.91 Å². The molecule has 1 aliphatic rings. The van der Waals surface area contributed by atoms with Crippen LogP contribution in [0.3, 0.4) is 0 Å². The molecule has 0 fully saturated rings. The summed E-state index contributed by atoms with van der Waals surface area (Å²) in [5, 5.41) is 12.2. The Kier molecular flexibility index (Phi) is 7.50. The highest BCUT2D eigenvalue weighted by molar-refractivity contribution is 5.81. The summed E-state index contributed by atoms with van der Waals surface area (Å²) < 4.78 is 0. The number of nitrogens with one attached hydrogen (secondary N) is 2. The van der Waals surface area contributed by atoms with Crippen molar-refractivity contribution in [1.29, 1.82) is 0 Å². The van der Waals surface area contributed by atoms with Crippen LogP contribution in [0.5, 0.6) is 0 Å². The van der Waals surface area contributed by atoms with E-state index in [1.54, 1.807) is 11.7 Å². The second-order valence-electron chi connectivity index (χ2n) is 4.56. The molecule has 6 heteroatoms. The van der Waals surface area contributed by atoms with Crippen molar-refractivity contribution in [1.82, 2.24) is 10.9 Å². The minimum absolute atomic E-state index is 0.155. The molecule has 1 rings (SSSR count). The summed E-state index contributed by atoms with van der Waals surface area (Å²) in [6.07, 6.45) is 10.1. The third kappa shape index (κ3) is 7.35. The topological polar surface area (TPSA) is 90.8 Å². The number of hydrazone groups is 1. The maximum atomic E-state index is 11.4. The maximum Gasteiger partial charge on any atom is 0.243 e. The number of rotatable bonds is 7. The van der Waals surface area contributed by atoms with Gasteiger partial charge in [0.05, 0.1) is 6.21 Å². The van der Waals surface area contributed by atoms with Crippen LogP contribution in [0.15, 0.2) is 16.8 Å². The average molecular weight is 267 g/mol. The van der Waals surface area contributed by atoms with Crippen LogP contribution in [0.1, 0.15) is 51.4 Å².